The molecule has 0 aromatic rings. The molecule has 0 aromatic carbocycles. The highest BCUT2D eigenvalue weighted by atomic mass is 16.5. The Hall–Kier alpha value is -1.14. The van der Waals surface area contributed by atoms with Crippen LogP contribution in [0.3, 0.4) is 0 Å². The standard InChI is InChI=1S/C11H21N3O3/c1-3-7(2)9(12)11(16)14-4-5-17-8(6-14)10(13)15/h7-9H,3-6,12H2,1-2H3,(H2,13,15)/t7-,8-,9+/m0/s1. The van der Waals surface area contributed by atoms with E-state index in [1.165, 1.54) is 0 Å². The molecule has 1 saturated heterocycles. The lowest BCUT2D eigenvalue weighted by Crippen LogP contribution is -2.55. The van der Waals surface area contributed by atoms with Crippen molar-refractivity contribution in [2.45, 2.75) is 32.4 Å². The molecule has 0 saturated carbocycles. The van der Waals surface area contributed by atoms with Gasteiger partial charge < -0.3 is 21.1 Å². The van der Waals surface area contributed by atoms with E-state index in [-0.39, 0.29) is 18.4 Å². The number of hydrogen-bond donors (Lipinski definition) is 2. The van der Waals surface area contributed by atoms with Gasteiger partial charge in [-0.05, 0) is 5.92 Å². The van der Waals surface area contributed by atoms with Crippen molar-refractivity contribution in [2.24, 2.45) is 17.4 Å². The van der Waals surface area contributed by atoms with Crippen molar-refractivity contribution in [1.29, 1.82) is 0 Å². The van der Waals surface area contributed by atoms with Gasteiger partial charge in [0.05, 0.1) is 19.2 Å². The molecule has 6 heteroatoms. The predicted octanol–water partition coefficient (Wildman–Crippen LogP) is -0.927. The summed E-state index contributed by atoms with van der Waals surface area (Å²) in [6.07, 6.45) is 0.132. The van der Waals surface area contributed by atoms with Crippen molar-refractivity contribution in [3.05, 3.63) is 0 Å². The number of morpholine rings is 1. The molecule has 4 N–H and O–H groups in total. The smallest absolute Gasteiger partial charge is 0.248 e. The lowest BCUT2D eigenvalue weighted by molar-refractivity contribution is -0.147. The molecule has 1 heterocycles. The second kappa shape index (κ2) is 5.97. The van der Waals surface area contributed by atoms with Crippen LogP contribution in [0, 0.1) is 5.92 Å². The summed E-state index contributed by atoms with van der Waals surface area (Å²) >= 11 is 0. The minimum Gasteiger partial charge on any atom is -0.367 e. The van der Waals surface area contributed by atoms with Crippen molar-refractivity contribution in [3.63, 3.8) is 0 Å². The van der Waals surface area contributed by atoms with Crippen LogP contribution in [0.15, 0.2) is 0 Å². The average Bonchev–Trinajstić information content (AvgIpc) is 2.36. The first kappa shape index (κ1) is 13.9. The lowest BCUT2D eigenvalue weighted by atomic mass is 9.98. The second-order valence-electron chi connectivity index (χ2n) is 4.46. The molecule has 0 aliphatic carbocycles. The van der Waals surface area contributed by atoms with Gasteiger partial charge in [0.1, 0.15) is 0 Å². The quantitative estimate of drug-likeness (QED) is 0.666. The van der Waals surface area contributed by atoms with E-state index in [9.17, 15) is 9.59 Å². The zero-order valence-electron chi connectivity index (χ0n) is 10.4. The van der Waals surface area contributed by atoms with Crippen LogP contribution in [0.25, 0.3) is 0 Å². The maximum Gasteiger partial charge on any atom is 0.248 e. The fourth-order valence-electron chi connectivity index (χ4n) is 1.73. The predicted molar refractivity (Wildman–Crippen MR) is 62.9 cm³/mol. The third kappa shape index (κ3) is 3.41. The van der Waals surface area contributed by atoms with Gasteiger partial charge in [0.2, 0.25) is 11.8 Å². The molecule has 1 fully saturated rings. The summed E-state index contributed by atoms with van der Waals surface area (Å²) in [5, 5.41) is 0. The number of rotatable bonds is 4. The summed E-state index contributed by atoms with van der Waals surface area (Å²) in [6, 6.07) is -0.522. The Labute approximate surface area is 101 Å². The molecule has 17 heavy (non-hydrogen) atoms. The van der Waals surface area contributed by atoms with E-state index >= 15 is 0 Å². The van der Waals surface area contributed by atoms with Crippen molar-refractivity contribution < 1.29 is 14.3 Å². The summed E-state index contributed by atoms with van der Waals surface area (Å²) in [4.78, 5) is 24.6. The minimum absolute atomic E-state index is 0.123. The SMILES string of the molecule is CC[C@H](C)[C@@H](N)C(=O)N1CCO[C@H](C(N)=O)C1. The topological polar surface area (TPSA) is 98.7 Å². The fraction of sp³-hybridized carbons (Fsp3) is 0.818. The van der Waals surface area contributed by atoms with Crippen molar-refractivity contribution in [1.82, 2.24) is 4.90 Å². The maximum absolute atomic E-state index is 12.1. The van der Waals surface area contributed by atoms with Gasteiger partial charge in [-0.3, -0.25) is 9.59 Å². The summed E-state index contributed by atoms with van der Waals surface area (Å²) in [5.41, 5.74) is 11.0. The summed E-state index contributed by atoms with van der Waals surface area (Å²) in [6.45, 7) is 4.93. The van der Waals surface area contributed by atoms with Crippen LogP contribution in [-0.4, -0.2) is 48.6 Å². The van der Waals surface area contributed by atoms with Crippen LogP contribution in [-0.2, 0) is 14.3 Å². The van der Waals surface area contributed by atoms with E-state index in [1.807, 2.05) is 13.8 Å². The summed E-state index contributed by atoms with van der Waals surface area (Å²) in [5.74, 6) is -0.550. The number of primary amides is 1. The van der Waals surface area contributed by atoms with Crippen molar-refractivity contribution in [3.8, 4) is 0 Å². The molecule has 3 atom stereocenters. The van der Waals surface area contributed by atoms with Crippen LogP contribution in [0.1, 0.15) is 20.3 Å². The van der Waals surface area contributed by atoms with Gasteiger partial charge in [0.15, 0.2) is 6.10 Å². The summed E-state index contributed by atoms with van der Waals surface area (Å²) < 4.78 is 5.18. The Bertz CT molecular complexity index is 296. The number of carbonyl (C=O) groups excluding carboxylic acids is 2. The van der Waals surface area contributed by atoms with E-state index in [4.69, 9.17) is 16.2 Å². The van der Waals surface area contributed by atoms with Crippen LogP contribution in [0.2, 0.25) is 0 Å². The Morgan fingerprint density at radius 3 is 2.71 bits per heavy atom. The van der Waals surface area contributed by atoms with Crippen LogP contribution < -0.4 is 11.5 Å². The fourth-order valence-corrected chi connectivity index (χ4v) is 1.73. The molecule has 98 valence electrons. The van der Waals surface area contributed by atoms with Gasteiger partial charge in [-0.2, -0.15) is 0 Å². The van der Waals surface area contributed by atoms with Crippen LogP contribution >= 0.6 is 0 Å². The van der Waals surface area contributed by atoms with Gasteiger partial charge in [0.25, 0.3) is 0 Å². The second-order valence-corrected chi connectivity index (χ2v) is 4.46. The number of amides is 2. The maximum atomic E-state index is 12.1. The Balaban J connectivity index is 2.60. The highest BCUT2D eigenvalue weighted by molar-refractivity contribution is 5.84. The molecule has 6 nitrogen and oxygen atoms in total. The van der Waals surface area contributed by atoms with E-state index in [0.717, 1.165) is 6.42 Å². The molecule has 1 rings (SSSR count). The minimum atomic E-state index is -0.711. The van der Waals surface area contributed by atoms with Crippen molar-refractivity contribution >= 4 is 11.8 Å². The molecule has 0 spiro atoms. The number of nitrogens with two attached hydrogens (primary N) is 2. The summed E-state index contributed by atoms with van der Waals surface area (Å²) in [7, 11) is 0. The first-order chi connectivity index (χ1) is 7.97. The van der Waals surface area contributed by atoms with Gasteiger partial charge in [-0.15, -0.1) is 0 Å². The largest absolute Gasteiger partial charge is 0.367 e. The number of hydrogen-bond acceptors (Lipinski definition) is 4. The van der Waals surface area contributed by atoms with Gasteiger partial charge >= 0.3 is 0 Å². The molecule has 0 unspecified atom stereocenters. The number of carbonyl (C=O) groups is 2. The van der Waals surface area contributed by atoms with Crippen LogP contribution in [0.4, 0.5) is 0 Å². The first-order valence-electron chi connectivity index (χ1n) is 5.92. The number of ether oxygens (including phenoxy) is 1. The molecular formula is C11H21N3O3. The third-order valence-corrected chi connectivity index (χ3v) is 3.24. The Morgan fingerprint density at radius 1 is 1.53 bits per heavy atom. The van der Waals surface area contributed by atoms with E-state index in [1.54, 1.807) is 4.90 Å². The van der Waals surface area contributed by atoms with Crippen molar-refractivity contribution in [2.75, 3.05) is 19.7 Å². The molecule has 1 aliphatic rings. The van der Waals surface area contributed by atoms with Gasteiger partial charge in [-0.25, -0.2) is 0 Å². The highest BCUT2D eigenvalue weighted by Gasteiger charge is 2.31. The molecular weight excluding hydrogens is 222 g/mol. The van der Waals surface area contributed by atoms with E-state index < -0.39 is 18.1 Å². The molecule has 0 bridgehead atoms. The first-order valence-corrected chi connectivity index (χ1v) is 5.92. The third-order valence-electron chi connectivity index (χ3n) is 3.24. The normalized spacial score (nSPS) is 24.2. The Morgan fingerprint density at radius 2 is 2.18 bits per heavy atom. The average molecular weight is 243 g/mol. The van der Waals surface area contributed by atoms with Gasteiger partial charge in [0, 0.05) is 6.54 Å². The number of nitrogens with zero attached hydrogens (tertiary/aromatic N) is 1. The molecule has 1 aliphatic heterocycles. The van der Waals surface area contributed by atoms with Crippen LogP contribution in [0.5, 0.6) is 0 Å². The monoisotopic (exact) mass is 243 g/mol. The van der Waals surface area contributed by atoms with E-state index in [0.29, 0.717) is 13.2 Å². The zero-order valence-corrected chi connectivity index (χ0v) is 10.4. The Kier molecular flexibility index (Phi) is 4.89. The molecule has 0 radical (unpaired) electrons. The highest BCUT2D eigenvalue weighted by Crippen LogP contribution is 2.12. The zero-order chi connectivity index (χ0) is 13.0. The van der Waals surface area contributed by atoms with Gasteiger partial charge in [-0.1, -0.05) is 20.3 Å². The molecule has 0 aromatic heterocycles. The lowest BCUT2D eigenvalue weighted by Gasteiger charge is -2.34. The molecule has 2 amide bonds. The van der Waals surface area contributed by atoms with E-state index in [2.05, 4.69) is 0 Å².